The summed E-state index contributed by atoms with van der Waals surface area (Å²) in [5, 5.41) is 32.6. The van der Waals surface area contributed by atoms with Crippen LogP contribution in [0.15, 0.2) is 60.7 Å². The standard InChI is InChI=1S/C25H35NO3/c1-20-10-8-9-16-25(20,29)24(28)23(15-17-27)26(18-21-11-4-2-5-12-21)19-22-13-6-3-7-14-22/h2-7,11-14,20,23-24,27-29H,8-10,15-19H2,1H3/t20-,23+,24-,25+/m1/s1. The van der Waals surface area contributed by atoms with E-state index in [4.69, 9.17) is 0 Å². The maximum atomic E-state index is 11.4. The molecule has 1 saturated carbocycles. The highest BCUT2D eigenvalue weighted by Gasteiger charge is 2.46. The normalized spacial score (nSPS) is 24.4. The fourth-order valence-corrected chi connectivity index (χ4v) is 4.73. The molecule has 29 heavy (non-hydrogen) atoms. The molecule has 0 amide bonds. The lowest BCUT2D eigenvalue weighted by molar-refractivity contribution is -0.158. The Morgan fingerprint density at radius 1 is 0.966 bits per heavy atom. The first-order chi connectivity index (χ1) is 14.0. The third kappa shape index (κ3) is 5.46. The van der Waals surface area contributed by atoms with Gasteiger partial charge in [-0.05, 0) is 36.3 Å². The van der Waals surface area contributed by atoms with Crippen LogP contribution in [0.1, 0.15) is 50.2 Å². The first-order valence-corrected chi connectivity index (χ1v) is 10.9. The molecule has 0 radical (unpaired) electrons. The van der Waals surface area contributed by atoms with Crippen LogP contribution in [0.5, 0.6) is 0 Å². The number of benzene rings is 2. The highest BCUT2D eigenvalue weighted by molar-refractivity contribution is 5.18. The molecule has 3 N–H and O–H groups in total. The Hall–Kier alpha value is -1.72. The van der Waals surface area contributed by atoms with E-state index in [0.717, 1.165) is 30.4 Å². The van der Waals surface area contributed by atoms with Crippen LogP contribution in [-0.4, -0.2) is 44.6 Å². The van der Waals surface area contributed by atoms with Crippen molar-refractivity contribution in [2.45, 2.75) is 69.9 Å². The minimum absolute atomic E-state index is 0.0216. The van der Waals surface area contributed by atoms with Gasteiger partial charge in [0.1, 0.15) is 0 Å². The van der Waals surface area contributed by atoms with Gasteiger partial charge in [0.05, 0.1) is 11.7 Å². The molecular formula is C25H35NO3. The van der Waals surface area contributed by atoms with Gasteiger partial charge in [-0.2, -0.15) is 0 Å². The lowest BCUT2D eigenvalue weighted by Crippen LogP contribution is -2.59. The highest BCUT2D eigenvalue weighted by atomic mass is 16.3. The van der Waals surface area contributed by atoms with E-state index in [2.05, 4.69) is 29.2 Å². The molecule has 2 aromatic rings. The van der Waals surface area contributed by atoms with Gasteiger partial charge in [-0.1, -0.05) is 80.4 Å². The van der Waals surface area contributed by atoms with Crippen molar-refractivity contribution < 1.29 is 15.3 Å². The molecule has 0 aromatic heterocycles. The third-order valence-electron chi connectivity index (χ3n) is 6.55. The van der Waals surface area contributed by atoms with Gasteiger partial charge in [0, 0.05) is 25.7 Å². The third-order valence-corrected chi connectivity index (χ3v) is 6.55. The Balaban J connectivity index is 1.89. The second-order valence-corrected chi connectivity index (χ2v) is 8.54. The first kappa shape index (κ1) is 22.0. The summed E-state index contributed by atoms with van der Waals surface area (Å²) in [7, 11) is 0. The van der Waals surface area contributed by atoms with E-state index in [1.165, 1.54) is 0 Å². The zero-order chi connectivity index (χ0) is 20.7. The van der Waals surface area contributed by atoms with Gasteiger partial charge in [0.15, 0.2) is 0 Å². The van der Waals surface area contributed by atoms with E-state index < -0.39 is 11.7 Å². The van der Waals surface area contributed by atoms with Gasteiger partial charge in [-0.15, -0.1) is 0 Å². The average molecular weight is 398 g/mol. The van der Waals surface area contributed by atoms with Crippen LogP contribution in [0.2, 0.25) is 0 Å². The van der Waals surface area contributed by atoms with Crippen LogP contribution in [0.4, 0.5) is 0 Å². The van der Waals surface area contributed by atoms with Crippen molar-refractivity contribution in [3.8, 4) is 0 Å². The molecule has 4 heteroatoms. The lowest BCUT2D eigenvalue weighted by atomic mass is 9.70. The van der Waals surface area contributed by atoms with Crippen molar-refractivity contribution in [2.75, 3.05) is 6.61 Å². The average Bonchev–Trinajstić information content (AvgIpc) is 2.75. The zero-order valence-electron chi connectivity index (χ0n) is 17.5. The fourth-order valence-electron chi connectivity index (χ4n) is 4.73. The predicted octanol–water partition coefficient (Wildman–Crippen LogP) is 3.74. The van der Waals surface area contributed by atoms with E-state index in [1.54, 1.807) is 0 Å². The quantitative estimate of drug-likeness (QED) is 0.603. The molecule has 4 atom stereocenters. The number of hydrogen-bond acceptors (Lipinski definition) is 4. The van der Waals surface area contributed by atoms with Gasteiger partial charge < -0.3 is 15.3 Å². The summed E-state index contributed by atoms with van der Waals surface area (Å²) < 4.78 is 0. The van der Waals surface area contributed by atoms with Gasteiger partial charge in [0.2, 0.25) is 0 Å². The van der Waals surface area contributed by atoms with Crippen molar-refractivity contribution in [3.05, 3.63) is 71.8 Å². The summed E-state index contributed by atoms with van der Waals surface area (Å²) in [6, 6.07) is 20.1. The molecule has 1 aliphatic carbocycles. The minimum atomic E-state index is -1.11. The van der Waals surface area contributed by atoms with Crippen molar-refractivity contribution in [1.29, 1.82) is 0 Å². The summed E-state index contributed by atoms with van der Waals surface area (Å²) in [6.07, 6.45) is 3.09. The summed E-state index contributed by atoms with van der Waals surface area (Å²) in [5.74, 6) is 0.0442. The Bertz CT molecular complexity index is 682. The van der Waals surface area contributed by atoms with E-state index in [9.17, 15) is 15.3 Å². The van der Waals surface area contributed by atoms with Crippen molar-refractivity contribution in [3.63, 3.8) is 0 Å². The molecule has 158 valence electrons. The number of rotatable bonds is 9. The monoisotopic (exact) mass is 397 g/mol. The summed E-state index contributed by atoms with van der Waals surface area (Å²) in [6.45, 7) is 3.33. The summed E-state index contributed by atoms with van der Waals surface area (Å²) >= 11 is 0. The fraction of sp³-hybridized carbons (Fsp3) is 0.520. The smallest absolute Gasteiger partial charge is 0.0985 e. The molecule has 0 spiro atoms. The molecule has 1 fully saturated rings. The van der Waals surface area contributed by atoms with Crippen LogP contribution in [0, 0.1) is 5.92 Å². The van der Waals surface area contributed by atoms with E-state index >= 15 is 0 Å². The Morgan fingerprint density at radius 3 is 2.00 bits per heavy atom. The van der Waals surface area contributed by atoms with Crippen LogP contribution < -0.4 is 0 Å². The molecule has 3 rings (SSSR count). The van der Waals surface area contributed by atoms with Crippen LogP contribution in [0.3, 0.4) is 0 Å². The van der Waals surface area contributed by atoms with E-state index in [0.29, 0.717) is 25.9 Å². The molecule has 0 unspecified atom stereocenters. The zero-order valence-corrected chi connectivity index (χ0v) is 17.5. The summed E-state index contributed by atoms with van der Waals surface area (Å²) in [5.41, 5.74) is 1.20. The molecule has 2 aromatic carbocycles. The number of aliphatic hydroxyl groups is 3. The second-order valence-electron chi connectivity index (χ2n) is 8.54. The van der Waals surface area contributed by atoms with Crippen LogP contribution in [-0.2, 0) is 13.1 Å². The maximum absolute atomic E-state index is 11.4. The van der Waals surface area contributed by atoms with E-state index in [1.807, 2.05) is 43.3 Å². The number of hydrogen-bond donors (Lipinski definition) is 3. The second kappa shape index (κ2) is 10.4. The van der Waals surface area contributed by atoms with Crippen molar-refractivity contribution in [1.82, 2.24) is 4.90 Å². The number of aliphatic hydroxyl groups excluding tert-OH is 2. The minimum Gasteiger partial charge on any atom is -0.396 e. The molecule has 0 aliphatic heterocycles. The highest BCUT2D eigenvalue weighted by Crippen LogP contribution is 2.39. The number of nitrogens with zero attached hydrogens (tertiary/aromatic N) is 1. The van der Waals surface area contributed by atoms with Crippen molar-refractivity contribution in [2.24, 2.45) is 5.92 Å². The maximum Gasteiger partial charge on any atom is 0.0985 e. The molecular weight excluding hydrogens is 362 g/mol. The molecule has 1 aliphatic rings. The van der Waals surface area contributed by atoms with Gasteiger partial charge in [-0.25, -0.2) is 0 Å². The SMILES string of the molecule is C[C@@H]1CCCC[C@@]1(O)[C@H](O)[C@H](CCO)N(Cc1ccccc1)Cc1ccccc1. The van der Waals surface area contributed by atoms with Gasteiger partial charge in [-0.3, -0.25) is 4.90 Å². The Labute approximate surface area is 174 Å². The van der Waals surface area contributed by atoms with Gasteiger partial charge >= 0.3 is 0 Å². The Morgan fingerprint density at radius 2 is 1.52 bits per heavy atom. The van der Waals surface area contributed by atoms with Crippen molar-refractivity contribution >= 4 is 0 Å². The molecule has 0 bridgehead atoms. The molecule has 0 heterocycles. The van der Waals surface area contributed by atoms with E-state index in [-0.39, 0.29) is 18.6 Å². The Kier molecular flexibility index (Phi) is 7.84. The lowest BCUT2D eigenvalue weighted by Gasteiger charge is -2.47. The molecule has 4 nitrogen and oxygen atoms in total. The largest absolute Gasteiger partial charge is 0.396 e. The van der Waals surface area contributed by atoms with Crippen LogP contribution >= 0.6 is 0 Å². The molecule has 0 saturated heterocycles. The summed E-state index contributed by atoms with van der Waals surface area (Å²) in [4.78, 5) is 2.21. The topological polar surface area (TPSA) is 63.9 Å². The van der Waals surface area contributed by atoms with Gasteiger partial charge in [0.25, 0.3) is 0 Å². The van der Waals surface area contributed by atoms with Crippen LogP contribution in [0.25, 0.3) is 0 Å². The predicted molar refractivity (Wildman–Crippen MR) is 116 cm³/mol. The first-order valence-electron chi connectivity index (χ1n) is 10.9.